The SMILES string of the molecule is COCC1CCN(C2(CN)CSC(C)C2)C1. The zero-order chi connectivity index (χ0) is 11.6. The molecular weight excluding hydrogens is 220 g/mol. The Labute approximate surface area is 103 Å². The molecule has 0 spiro atoms. The van der Waals surface area contributed by atoms with Gasteiger partial charge in [0, 0.05) is 36.7 Å². The molecule has 2 N–H and O–H groups in total. The van der Waals surface area contributed by atoms with E-state index in [4.69, 9.17) is 10.5 Å². The fourth-order valence-corrected chi connectivity index (χ4v) is 4.52. The highest BCUT2D eigenvalue weighted by Gasteiger charge is 2.44. The van der Waals surface area contributed by atoms with E-state index in [-0.39, 0.29) is 5.54 Å². The number of nitrogens with two attached hydrogens (primary N) is 1. The van der Waals surface area contributed by atoms with E-state index < -0.39 is 0 Å². The Bertz CT molecular complexity index is 239. The molecule has 3 nitrogen and oxygen atoms in total. The average Bonchev–Trinajstić information content (AvgIpc) is 2.86. The van der Waals surface area contributed by atoms with Crippen molar-refractivity contribution in [2.24, 2.45) is 11.7 Å². The molecule has 2 heterocycles. The molecule has 0 saturated carbocycles. The lowest BCUT2D eigenvalue weighted by Crippen LogP contribution is -2.53. The van der Waals surface area contributed by atoms with Crippen LogP contribution in [0.1, 0.15) is 19.8 Å². The molecule has 94 valence electrons. The summed E-state index contributed by atoms with van der Waals surface area (Å²) in [6.07, 6.45) is 2.53. The third-order valence-electron chi connectivity index (χ3n) is 4.04. The molecule has 2 fully saturated rings. The molecule has 3 atom stereocenters. The van der Waals surface area contributed by atoms with Crippen molar-refractivity contribution in [2.75, 3.05) is 39.1 Å². The van der Waals surface area contributed by atoms with Crippen molar-refractivity contribution in [1.82, 2.24) is 4.90 Å². The maximum absolute atomic E-state index is 6.04. The average molecular weight is 244 g/mol. The first kappa shape index (κ1) is 12.7. The van der Waals surface area contributed by atoms with Gasteiger partial charge in [-0.25, -0.2) is 0 Å². The second kappa shape index (κ2) is 5.25. The quantitative estimate of drug-likeness (QED) is 0.806. The fraction of sp³-hybridized carbons (Fsp3) is 1.00. The van der Waals surface area contributed by atoms with E-state index in [1.165, 1.54) is 31.7 Å². The largest absolute Gasteiger partial charge is 0.384 e. The smallest absolute Gasteiger partial charge is 0.0503 e. The van der Waals surface area contributed by atoms with Gasteiger partial charge in [0.25, 0.3) is 0 Å². The van der Waals surface area contributed by atoms with Gasteiger partial charge in [0.1, 0.15) is 0 Å². The highest BCUT2D eigenvalue weighted by Crippen LogP contribution is 2.40. The molecule has 0 aromatic rings. The molecule has 0 aromatic carbocycles. The van der Waals surface area contributed by atoms with E-state index in [2.05, 4.69) is 23.6 Å². The van der Waals surface area contributed by atoms with Crippen LogP contribution in [0.5, 0.6) is 0 Å². The van der Waals surface area contributed by atoms with Crippen LogP contribution in [-0.4, -0.2) is 54.8 Å². The van der Waals surface area contributed by atoms with Crippen molar-refractivity contribution in [1.29, 1.82) is 0 Å². The molecule has 0 amide bonds. The summed E-state index contributed by atoms with van der Waals surface area (Å²) in [6, 6.07) is 0. The summed E-state index contributed by atoms with van der Waals surface area (Å²) in [5.41, 5.74) is 6.33. The number of hydrogen-bond donors (Lipinski definition) is 1. The van der Waals surface area contributed by atoms with Crippen LogP contribution >= 0.6 is 11.8 Å². The first-order valence-corrected chi connectivity index (χ1v) is 7.31. The third kappa shape index (κ3) is 2.40. The van der Waals surface area contributed by atoms with Crippen LogP contribution in [0.4, 0.5) is 0 Å². The lowest BCUT2D eigenvalue weighted by molar-refractivity contribution is 0.117. The predicted octanol–water partition coefficient (Wildman–Crippen LogP) is 1.18. The maximum Gasteiger partial charge on any atom is 0.0503 e. The Hall–Kier alpha value is 0.230. The Morgan fingerprint density at radius 1 is 1.56 bits per heavy atom. The molecular formula is C12H24N2OS. The number of hydrogen-bond acceptors (Lipinski definition) is 4. The summed E-state index contributed by atoms with van der Waals surface area (Å²) in [4.78, 5) is 2.63. The molecule has 0 aromatic heterocycles. The van der Waals surface area contributed by atoms with E-state index in [0.717, 1.165) is 18.4 Å². The minimum Gasteiger partial charge on any atom is -0.384 e. The number of rotatable bonds is 4. The van der Waals surface area contributed by atoms with Gasteiger partial charge in [0.15, 0.2) is 0 Å². The summed E-state index contributed by atoms with van der Waals surface area (Å²) in [6.45, 7) is 6.42. The van der Waals surface area contributed by atoms with Crippen LogP contribution in [0, 0.1) is 5.92 Å². The van der Waals surface area contributed by atoms with Crippen LogP contribution in [0.15, 0.2) is 0 Å². The van der Waals surface area contributed by atoms with E-state index >= 15 is 0 Å². The highest BCUT2D eigenvalue weighted by atomic mass is 32.2. The van der Waals surface area contributed by atoms with Gasteiger partial charge in [-0.1, -0.05) is 6.92 Å². The molecule has 2 aliphatic rings. The summed E-state index contributed by atoms with van der Waals surface area (Å²) in [7, 11) is 1.80. The molecule has 16 heavy (non-hydrogen) atoms. The molecule has 2 saturated heterocycles. The lowest BCUT2D eigenvalue weighted by Gasteiger charge is -2.37. The van der Waals surface area contributed by atoms with Crippen molar-refractivity contribution in [3.63, 3.8) is 0 Å². The normalized spacial score (nSPS) is 40.7. The van der Waals surface area contributed by atoms with Gasteiger partial charge in [-0.05, 0) is 25.3 Å². The van der Waals surface area contributed by atoms with Gasteiger partial charge in [-0.3, -0.25) is 4.90 Å². The van der Waals surface area contributed by atoms with Gasteiger partial charge in [0.05, 0.1) is 6.61 Å². The Morgan fingerprint density at radius 2 is 2.38 bits per heavy atom. The number of ether oxygens (including phenoxy) is 1. The third-order valence-corrected chi connectivity index (χ3v) is 5.48. The molecule has 0 bridgehead atoms. The van der Waals surface area contributed by atoms with E-state index in [0.29, 0.717) is 5.92 Å². The zero-order valence-electron chi connectivity index (χ0n) is 10.4. The van der Waals surface area contributed by atoms with Crippen LogP contribution in [-0.2, 0) is 4.74 Å². The summed E-state index contributed by atoms with van der Waals surface area (Å²) in [5.74, 6) is 1.93. The number of likely N-dealkylation sites (tertiary alicyclic amines) is 1. The van der Waals surface area contributed by atoms with Crippen molar-refractivity contribution in [2.45, 2.75) is 30.6 Å². The van der Waals surface area contributed by atoms with E-state index in [9.17, 15) is 0 Å². The molecule has 0 radical (unpaired) electrons. The van der Waals surface area contributed by atoms with Crippen LogP contribution in [0.2, 0.25) is 0 Å². The Morgan fingerprint density at radius 3 is 2.94 bits per heavy atom. The van der Waals surface area contributed by atoms with Gasteiger partial charge in [-0.2, -0.15) is 11.8 Å². The minimum atomic E-state index is 0.284. The number of thioether (sulfide) groups is 1. The molecule has 2 aliphatic heterocycles. The molecule has 0 aliphatic carbocycles. The summed E-state index contributed by atoms with van der Waals surface area (Å²) < 4.78 is 5.26. The highest BCUT2D eigenvalue weighted by molar-refractivity contribution is 8.00. The van der Waals surface area contributed by atoms with Crippen molar-refractivity contribution in [3.8, 4) is 0 Å². The first-order chi connectivity index (χ1) is 7.70. The van der Waals surface area contributed by atoms with Crippen LogP contribution < -0.4 is 5.73 Å². The Kier molecular flexibility index (Phi) is 4.16. The van der Waals surface area contributed by atoms with E-state index in [1.54, 1.807) is 7.11 Å². The second-order valence-electron chi connectivity index (χ2n) is 5.31. The summed E-state index contributed by atoms with van der Waals surface area (Å²) >= 11 is 2.08. The lowest BCUT2D eigenvalue weighted by atomic mass is 9.94. The zero-order valence-corrected chi connectivity index (χ0v) is 11.3. The molecule has 3 unspecified atom stereocenters. The second-order valence-corrected chi connectivity index (χ2v) is 6.74. The standard InChI is InChI=1S/C12H24N2OS/c1-10-5-12(8-13,9-16-10)14-4-3-11(6-14)7-15-2/h10-11H,3-9,13H2,1-2H3. The van der Waals surface area contributed by atoms with E-state index in [1.807, 2.05) is 0 Å². The van der Waals surface area contributed by atoms with Gasteiger partial charge in [0.2, 0.25) is 0 Å². The molecule has 4 heteroatoms. The van der Waals surface area contributed by atoms with Crippen LogP contribution in [0.25, 0.3) is 0 Å². The molecule has 2 rings (SSSR count). The van der Waals surface area contributed by atoms with Crippen molar-refractivity contribution in [3.05, 3.63) is 0 Å². The van der Waals surface area contributed by atoms with Gasteiger partial charge in [-0.15, -0.1) is 0 Å². The topological polar surface area (TPSA) is 38.5 Å². The summed E-state index contributed by atoms with van der Waals surface area (Å²) in [5, 5.41) is 0.769. The van der Waals surface area contributed by atoms with Crippen molar-refractivity contribution < 1.29 is 4.74 Å². The van der Waals surface area contributed by atoms with Gasteiger partial charge < -0.3 is 10.5 Å². The Balaban J connectivity index is 1.96. The monoisotopic (exact) mass is 244 g/mol. The number of nitrogens with zero attached hydrogens (tertiary/aromatic N) is 1. The first-order valence-electron chi connectivity index (χ1n) is 6.26. The maximum atomic E-state index is 6.04. The predicted molar refractivity (Wildman–Crippen MR) is 69.9 cm³/mol. The fourth-order valence-electron chi connectivity index (χ4n) is 3.08. The van der Waals surface area contributed by atoms with Crippen molar-refractivity contribution >= 4 is 11.8 Å². The van der Waals surface area contributed by atoms with Crippen LogP contribution in [0.3, 0.4) is 0 Å². The van der Waals surface area contributed by atoms with Gasteiger partial charge >= 0.3 is 0 Å². The number of methoxy groups -OCH3 is 1. The minimum absolute atomic E-state index is 0.284.